The van der Waals surface area contributed by atoms with Gasteiger partial charge in [0, 0.05) is 37.4 Å². The highest BCUT2D eigenvalue weighted by atomic mass is 16.5. The molecule has 1 aromatic heterocycles. The molecule has 0 aliphatic carbocycles. The zero-order valence-electron chi connectivity index (χ0n) is 14.1. The molecule has 0 unspecified atom stereocenters. The van der Waals surface area contributed by atoms with Crippen LogP contribution < -0.4 is 5.32 Å². The fraction of sp³-hybridized carbons (Fsp3) is 0.722. The van der Waals surface area contributed by atoms with E-state index in [0.29, 0.717) is 6.04 Å². The number of hydrogen-bond donors (Lipinski definition) is 1. The van der Waals surface area contributed by atoms with E-state index in [9.17, 15) is 0 Å². The Kier molecular flexibility index (Phi) is 4.53. The summed E-state index contributed by atoms with van der Waals surface area (Å²) < 4.78 is 6.23. The third-order valence-corrected chi connectivity index (χ3v) is 4.73. The molecule has 2 aliphatic heterocycles. The van der Waals surface area contributed by atoms with Gasteiger partial charge in [0.05, 0.1) is 17.9 Å². The number of nitrogens with one attached hydrogen (secondary N) is 1. The number of likely N-dealkylation sites (tertiary alicyclic amines) is 1. The van der Waals surface area contributed by atoms with Crippen molar-refractivity contribution in [2.24, 2.45) is 0 Å². The van der Waals surface area contributed by atoms with Crippen LogP contribution in [0.4, 0.5) is 0 Å². The fourth-order valence-corrected chi connectivity index (χ4v) is 3.74. The van der Waals surface area contributed by atoms with Gasteiger partial charge in [-0.3, -0.25) is 9.88 Å². The van der Waals surface area contributed by atoms with Crippen LogP contribution >= 0.6 is 0 Å². The highest BCUT2D eigenvalue weighted by Gasteiger charge is 2.43. The van der Waals surface area contributed by atoms with Gasteiger partial charge in [-0.1, -0.05) is 6.07 Å². The van der Waals surface area contributed by atoms with E-state index in [-0.39, 0.29) is 11.1 Å². The normalized spacial score (nSPS) is 25.7. The minimum absolute atomic E-state index is 0.115. The summed E-state index contributed by atoms with van der Waals surface area (Å²) in [5.41, 5.74) is 1.45. The maximum absolute atomic E-state index is 6.23. The summed E-state index contributed by atoms with van der Waals surface area (Å²) in [6.07, 6.45) is 5.32. The van der Waals surface area contributed by atoms with Crippen LogP contribution in [0.2, 0.25) is 0 Å². The predicted octanol–water partition coefficient (Wildman–Crippen LogP) is 2.59. The van der Waals surface area contributed by atoms with Gasteiger partial charge in [0.25, 0.3) is 0 Å². The minimum atomic E-state index is 0.115. The molecule has 122 valence electrons. The Labute approximate surface area is 134 Å². The van der Waals surface area contributed by atoms with Crippen molar-refractivity contribution in [3.8, 4) is 0 Å². The molecular formula is C18H29N3O. The third-order valence-electron chi connectivity index (χ3n) is 4.73. The first-order chi connectivity index (χ1) is 10.4. The molecule has 0 saturated carbocycles. The van der Waals surface area contributed by atoms with E-state index >= 15 is 0 Å². The van der Waals surface area contributed by atoms with E-state index in [1.165, 1.54) is 0 Å². The Balaban J connectivity index is 1.50. The maximum atomic E-state index is 6.23. The van der Waals surface area contributed by atoms with Crippen LogP contribution in [0.5, 0.6) is 0 Å². The summed E-state index contributed by atoms with van der Waals surface area (Å²) in [6, 6.07) is 6.65. The largest absolute Gasteiger partial charge is 0.373 e. The molecule has 0 aromatic carbocycles. The first-order valence-corrected chi connectivity index (χ1v) is 8.48. The van der Waals surface area contributed by atoms with E-state index in [0.717, 1.165) is 51.2 Å². The third kappa shape index (κ3) is 4.06. The highest BCUT2D eigenvalue weighted by molar-refractivity contribution is 5.04. The predicted molar refractivity (Wildman–Crippen MR) is 88.7 cm³/mol. The molecule has 1 N–H and O–H groups in total. The lowest BCUT2D eigenvalue weighted by atomic mass is 9.87. The van der Waals surface area contributed by atoms with E-state index in [1.807, 2.05) is 12.3 Å². The van der Waals surface area contributed by atoms with Crippen molar-refractivity contribution in [3.05, 3.63) is 30.1 Å². The van der Waals surface area contributed by atoms with Crippen LogP contribution in [0.25, 0.3) is 0 Å². The van der Waals surface area contributed by atoms with Gasteiger partial charge in [-0.2, -0.15) is 0 Å². The van der Waals surface area contributed by atoms with Crippen molar-refractivity contribution in [2.45, 2.75) is 63.8 Å². The van der Waals surface area contributed by atoms with E-state index in [1.54, 1.807) is 0 Å². The number of piperidine rings is 1. The van der Waals surface area contributed by atoms with E-state index in [4.69, 9.17) is 4.74 Å². The zero-order chi connectivity index (χ0) is 15.6. The van der Waals surface area contributed by atoms with Crippen LogP contribution in [0.1, 0.15) is 45.7 Å². The van der Waals surface area contributed by atoms with E-state index < -0.39 is 0 Å². The minimum Gasteiger partial charge on any atom is -0.373 e. The van der Waals surface area contributed by atoms with Crippen molar-refractivity contribution < 1.29 is 4.74 Å². The summed E-state index contributed by atoms with van der Waals surface area (Å²) in [7, 11) is 0. The quantitative estimate of drug-likeness (QED) is 0.931. The molecule has 4 heteroatoms. The van der Waals surface area contributed by atoms with Gasteiger partial charge in [0.15, 0.2) is 0 Å². The molecular weight excluding hydrogens is 274 g/mol. The summed E-state index contributed by atoms with van der Waals surface area (Å²) in [5.74, 6) is 0. The van der Waals surface area contributed by atoms with Gasteiger partial charge in [0.1, 0.15) is 0 Å². The van der Waals surface area contributed by atoms with Crippen LogP contribution in [-0.2, 0) is 11.3 Å². The second-order valence-electron chi connectivity index (χ2n) is 7.89. The van der Waals surface area contributed by atoms with Crippen LogP contribution in [0.3, 0.4) is 0 Å². The molecule has 2 aliphatic rings. The van der Waals surface area contributed by atoms with E-state index in [2.05, 4.69) is 48.1 Å². The summed E-state index contributed by atoms with van der Waals surface area (Å²) in [4.78, 5) is 6.93. The lowest BCUT2D eigenvalue weighted by molar-refractivity contribution is -0.0451. The molecule has 0 amide bonds. The van der Waals surface area contributed by atoms with Gasteiger partial charge >= 0.3 is 0 Å². The summed E-state index contributed by atoms with van der Waals surface area (Å²) in [6.45, 7) is 10.7. The number of pyridine rings is 1. The molecule has 3 heterocycles. The fourth-order valence-electron chi connectivity index (χ4n) is 3.74. The second-order valence-corrected chi connectivity index (χ2v) is 7.89. The Morgan fingerprint density at radius 1 is 1.32 bits per heavy atom. The lowest BCUT2D eigenvalue weighted by Crippen LogP contribution is -2.46. The Hall–Kier alpha value is -0.970. The molecule has 1 spiro atoms. The second kappa shape index (κ2) is 6.26. The van der Waals surface area contributed by atoms with Gasteiger partial charge in [-0.05, 0) is 52.2 Å². The summed E-state index contributed by atoms with van der Waals surface area (Å²) in [5, 5.41) is 3.69. The molecule has 3 rings (SSSR count). The lowest BCUT2D eigenvalue weighted by Gasteiger charge is -2.38. The number of ether oxygens (including phenoxy) is 1. The van der Waals surface area contributed by atoms with Gasteiger partial charge in [-0.25, -0.2) is 0 Å². The Morgan fingerprint density at radius 2 is 2.09 bits per heavy atom. The average molecular weight is 303 g/mol. The first kappa shape index (κ1) is 15.9. The monoisotopic (exact) mass is 303 g/mol. The summed E-state index contributed by atoms with van der Waals surface area (Å²) >= 11 is 0. The average Bonchev–Trinajstić information content (AvgIpc) is 2.84. The van der Waals surface area contributed by atoms with Gasteiger partial charge in [-0.15, -0.1) is 0 Å². The standard InChI is InChI=1S/C18H29N3O/c1-17(2,3)20-16-12-18(22-14-16)7-10-21(11-8-18)13-15-6-4-5-9-19-15/h4-6,9,16,20H,7-8,10-14H2,1-3H3/t16-/m0/s1. The highest BCUT2D eigenvalue weighted by Crippen LogP contribution is 2.36. The van der Waals surface area contributed by atoms with Crippen molar-refractivity contribution in [2.75, 3.05) is 19.7 Å². The Morgan fingerprint density at radius 3 is 2.73 bits per heavy atom. The number of rotatable bonds is 3. The number of aromatic nitrogens is 1. The number of hydrogen-bond acceptors (Lipinski definition) is 4. The maximum Gasteiger partial charge on any atom is 0.0723 e. The van der Waals surface area contributed by atoms with Crippen molar-refractivity contribution in [3.63, 3.8) is 0 Å². The Bertz CT molecular complexity index is 475. The molecule has 2 saturated heterocycles. The molecule has 1 atom stereocenters. The van der Waals surface area contributed by atoms with Gasteiger partial charge in [0.2, 0.25) is 0 Å². The van der Waals surface area contributed by atoms with Crippen molar-refractivity contribution in [1.29, 1.82) is 0 Å². The van der Waals surface area contributed by atoms with Crippen LogP contribution in [0, 0.1) is 0 Å². The smallest absolute Gasteiger partial charge is 0.0723 e. The molecule has 0 bridgehead atoms. The topological polar surface area (TPSA) is 37.4 Å². The molecule has 4 nitrogen and oxygen atoms in total. The number of nitrogens with zero attached hydrogens (tertiary/aromatic N) is 2. The first-order valence-electron chi connectivity index (χ1n) is 8.48. The van der Waals surface area contributed by atoms with Crippen LogP contribution in [0.15, 0.2) is 24.4 Å². The molecule has 1 aromatic rings. The molecule has 2 fully saturated rings. The van der Waals surface area contributed by atoms with Crippen molar-refractivity contribution >= 4 is 0 Å². The molecule has 22 heavy (non-hydrogen) atoms. The SMILES string of the molecule is CC(C)(C)N[C@@H]1COC2(CCN(Cc3ccccn3)CC2)C1. The molecule has 0 radical (unpaired) electrons. The zero-order valence-corrected chi connectivity index (χ0v) is 14.1. The van der Waals surface area contributed by atoms with Crippen molar-refractivity contribution in [1.82, 2.24) is 15.2 Å². The van der Waals surface area contributed by atoms with Crippen LogP contribution in [-0.4, -0.2) is 46.8 Å². The van der Waals surface area contributed by atoms with Gasteiger partial charge < -0.3 is 10.1 Å².